The topological polar surface area (TPSA) is 68.5 Å². The molecule has 0 spiro atoms. The second kappa shape index (κ2) is 8.20. The van der Waals surface area contributed by atoms with E-state index in [2.05, 4.69) is 12.2 Å². The smallest absolute Gasteiger partial charge is 0.262 e. The zero-order valence-corrected chi connectivity index (χ0v) is 17.4. The molecule has 4 aromatic rings. The molecule has 0 aliphatic carbocycles. The summed E-state index contributed by atoms with van der Waals surface area (Å²) >= 11 is 6.14. The largest absolute Gasteiger partial charge is 0.484 e. The lowest BCUT2D eigenvalue weighted by Crippen LogP contribution is -2.20. The lowest BCUT2D eigenvalue weighted by Gasteiger charge is -2.09. The van der Waals surface area contributed by atoms with E-state index in [0.717, 1.165) is 12.0 Å². The average Bonchev–Trinajstić information content (AvgIpc) is 2.74. The number of nitrogens with one attached hydrogen (secondary N) is 1. The number of hydrogen-bond donors (Lipinski definition) is 1. The first kappa shape index (κ1) is 20.0. The van der Waals surface area contributed by atoms with Crippen LogP contribution in [0.4, 0.5) is 5.69 Å². The van der Waals surface area contributed by atoms with Crippen LogP contribution in [-0.2, 0) is 11.2 Å². The van der Waals surface area contributed by atoms with Crippen LogP contribution in [0.1, 0.15) is 18.1 Å². The minimum atomic E-state index is -0.306. The molecule has 0 saturated heterocycles. The molecule has 0 bridgehead atoms. The molecular weight excluding hydrogens is 402 g/mol. The predicted octanol–water partition coefficient (Wildman–Crippen LogP) is 5.49. The van der Waals surface area contributed by atoms with Gasteiger partial charge in [0.2, 0.25) is 5.43 Å². The number of fused-ring (bicyclic) bond motifs is 2. The van der Waals surface area contributed by atoms with Crippen molar-refractivity contribution in [1.29, 1.82) is 0 Å². The predicted molar refractivity (Wildman–Crippen MR) is 120 cm³/mol. The summed E-state index contributed by atoms with van der Waals surface area (Å²) < 4.78 is 11.4. The van der Waals surface area contributed by atoms with Gasteiger partial charge in [-0.25, -0.2) is 0 Å². The zero-order valence-electron chi connectivity index (χ0n) is 16.6. The lowest BCUT2D eigenvalue weighted by atomic mass is 10.1. The van der Waals surface area contributed by atoms with E-state index < -0.39 is 0 Å². The van der Waals surface area contributed by atoms with Crippen LogP contribution in [0.3, 0.4) is 0 Å². The van der Waals surface area contributed by atoms with Gasteiger partial charge in [0.15, 0.2) is 6.61 Å². The molecule has 30 heavy (non-hydrogen) atoms. The Balaban J connectivity index is 1.53. The van der Waals surface area contributed by atoms with Gasteiger partial charge in [0.05, 0.1) is 10.8 Å². The van der Waals surface area contributed by atoms with Crippen LogP contribution >= 0.6 is 11.6 Å². The first-order valence-electron chi connectivity index (χ1n) is 9.63. The van der Waals surface area contributed by atoms with E-state index in [0.29, 0.717) is 38.4 Å². The molecule has 0 radical (unpaired) electrons. The van der Waals surface area contributed by atoms with E-state index in [-0.39, 0.29) is 17.9 Å². The molecule has 152 valence electrons. The minimum absolute atomic E-state index is 0.122. The molecule has 5 nitrogen and oxygen atoms in total. The first-order valence-corrected chi connectivity index (χ1v) is 10.0. The van der Waals surface area contributed by atoms with Crippen LogP contribution in [-0.4, -0.2) is 12.5 Å². The number of anilines is 1. The van der Waals surface area contributed by atoms with E-state index in [1.165, 1.54) is 5.56 Å². The highest BCUT2D eigenvalue weighted by Crippen LogP contribution is 2.26. The van der Waals surface area contributed by atoms with Gasteiger partial charge < -0.3 is 14.5 Å². The summed E-state index contributed by atoms with van der Waals surface area (Å²) in [6.45, 7) is 3.80. The van der Waals surface area contributed by atoms with Crippen LogP contribution in [0.5, 0.6) is 5.75 Å². The summed E-state index contributed by atoms with van der Waals surface area (Å²) in [6, 6.07) is 15.9. The van der Waals surface area contributed by atoms with Gasteiger partial charge in [-0.15, -0.1) is 0 Å². The van der Waals surface area contributed by atoms with Crippen molar-refractivity contribution < 1.29 is 13.9 Å². The van der Waals surface area contributed by atoms with Crippen molar-refractivity contribution in [3.05, 3.63) is 81.0 Å². The maximum absolute atomic E-state index is 12.8. The Bertz CT molecular complexity index is 1310. The summed E-state index contributed by atoms with van der Waals surface area (Å²) in [5, 5.41) is 4.14. The number of amides is 1. The number of carbonyl (C=O) groups excluding carboxylic acids is 1. The molecule has 1 heterocycles. The molecular formula is C24H20ClNO4. The zero-order chi connectivity index (χ0) is 21.3. The standard InChI is InChI=1S/C24H20ClNO4/c1-3-15-4-7-17(8-5-15)29-13-23(27)26-16-6-9-18-22(11-16)30-21-10-14(2)20(25)12-19(21)24(18)28/h4-12H,3,13H2,1-2H3,(H,26,27). The Labute approximate surface area is 178 Å². The van der Waals surface area contributed by atoms with Gasteiger partial charge in [0.1, 0.15) is 16.9 Å². The Morgan fingerprint density at radius 2 is 1.77 bits per heavy atom. The molecule has 1 N–H and O–H groups in total. The van der Waals surface area contributed by atoms with Crippen molar-refractivity contribution in [3.63, 3.8) is 0 Å². The normalized spacial score (nSPS) is 11.0. The molecule has 0 aliphatic heterocycles. The fourth-order valence-corrected chi connectivity index (χ4v) is 3.38. The van der Waals surface area contributed by atoms with Crippen LogP contribution in [0.2, 0.25) is 5.02 Å². The highest BCUT2D eigenvalue weighted by Gasteiger charge is 2.12. The third-order valence-electron chi connectivity index (χ3n) is 4.94. The number of hydrogen-bond acceptors (Lipinski definition) is 4. The van der Waals surface area contributed by atoms with Crippen molar-refractivity contribution in [2.75, 3.05) is 11.9 Å². The summed E-state index contributed by atoms with van der Waals surface area (Å²) in [6.07, 6.45) is 0.945. The van der Waals surface area contributed by atoms with Crippen LogP contribution < -0.4 is 15.5 Å². The second-order valence-electron chi connectivity index (χ2n) is 7.07. The van der Waals surface area contributed by atoms with Crippen LogP contribution in [0, 0.1) is 6.92 Å². The Morgan fingerprint density at radius 1 is 1.03 bits per heavy atom. The van der Waals surface area contributed by atoms with E-state index in [4.69, 9.17) is 20.8 Å². The molecule has 0 unspecified atom stereocenters. The monoisotopic (exact) mass is 421 g/mol. The molecule has 3 aromatic carbocycles. The lowest BCUT2D eigenvalue weighted by molar-refractivity contribution is -0.118. The maximum Gasteiger partial charge on any atom is 0.262 e. The van der Waals surface area contributed by atoms with Crippen molar-refractivity contribution in [1.82, 2.24) is 0 Å². The van der Waals surface area contributed by atoms with E-state index in [1.54, 1.807) is 30.3 Å². The molecule has 0 saturated carbocycles. The summed E-state index contributed by atoms with van der Waals surface area (Å²) in [5.74, 6) is 0.326. The van der Waals surface area contributed by atoms with Gasteiger partial charge >= 0.3 is 0 Å². The average molecular weight is 422 g/mol. The molecule has 1 amide bonds. The fourth-order valence-electron chi connectivity index (χ4n) is 3.22. The minimum Gasteiger partial charge on any atom is -0.484 e. The summed E-state index contributed by atoms with van der Waals surface area (Å²) in [4.78, 5) is 25.0. The van der Waals surface area contributed by atoms with Gasteiger partial charge in [-0.05, 0) is 60.9 Å². The fraction of sp³-hybridized carbons (Fsp3) is 0.167. The molecule has 0 aliphatic rings. The highest BCUT2D eigenvalue weighted by molar-refractivity contribution is 6.32. The first-order chi connectivity index (χ1) is 14.4. The van der Waals surface area contributed by atoms with Crippen molar-refractivity contribution in [2.45, 2.75) is 20.3 Å². The Hall–Kier alpha value is -3.31. The summed E-state index contributed by atoms with van der Waals surface area (Å²) in [5.41, 5.74) is 3.23. The molecule has 4 rings (SSSR count). The van der Waals surface area contributed by atoms with E-state index in [1.807, 2.05) is 31.2 Å². The van der Waals surface area contributed by atoms with Gasteiger partial charge in [-0.1, -0.05) is 30.7 Å². The van der Waals surface area contributed by atoms with Crippen molar-refractivity contribution in [2.24, 2.45) is 0 Å². The van der Waals surface area contributed by atoms with E-state index >= 15 is 0 Å². The number of ether oxygens (including phenoxy) is 1. The van der Waals surface area contributed by atoms with E-state index in [9.17, 15) is 9.59 Å². The Morgan fingerprint density at radius 3 is 2.50 bits per heavy atom. The van der Waals surface area contributed by atoms with Crippen LogP contribution in [0.25, 0.3) is 21.9 Å². The molecule has 1 aromatic heterocycles. The second-order valence-corrected chi connectivity index (χ2v) is 7.48. The van der Waals surface area contributed by atoms with Gasteiger partial charge in [-0.2, -0.15) is 0 Å². The van der Waals surface area contributed by atoms with Crippen molar-refractivity contribution >= 4 is 45.1 Å². The highest BCUT2D eigenvalue weighted by atomic mass is 35.5. The molecule has 6 heteroatoms. The number of aryl methyl sites for hydroxylation is 2. The quantitative estimate of drug-likeness (QED) is 0.433. The van der Waals surface area contributed by atoms with Gasteiger partial charge in [-0.3, -0.25) is 9.59 Å². The SMILES string of the molecule is CCc1ccc(OCC(=O)Nc2ccc3c(=O)c4cc(Cl)c(C)cc4oc3c2)cc1. The number of carbonyl (C=O) groups is 1. The van der Waals surface area contributed by atoms with Gasteiger partial charge in [0.25, 0.3) is 5.91 Å². The summed E-state index contributed by atoms with van der Waals surface area (Å²) in [7, 11) is 0. The van der Waals surface area contributed by atoms with Crippen molar-refractivity contribution in [3.8, 4) is 5.75 Å². The number of rotatable bonds is 5. The molecule has 0 atom stereocenters. The van der Waals surface area contributed by atoms with Crippen LogP contribution in [0.15, 0.2) is 63.8 Å². The third-order valence-corrected chi connectivity index (χ3v) is 5.34. The maximum atomic E-state index is 12.8. The number of benzene rings is 3. The number of halogens is 1. The third kappa shape index (κ3) is 4.02. The molecule has 0 fully saturated rings. The van der Waals surface area contributed by atoms with Gasteiger partial charge in [0, 0.05) is 16.8 Å². The Kier molecular flexibility index (Phi) is 5.46.